The smallest absolute Gasteiger partial charge is 0.0795 e. The molecule has 0 amide bonds. The maximum absolute atomic E-state index is 9.83. The Morgan fingerprint density at radius 2 is 2.05 bits per heavy atom. The maximum Gasteiger partial charge on any atom is 0.0795 e. The summed E-state index contributed by atoms with van der Waals surface area (Å²) in [6.07, 6.45) is 9.59. The van der Waals surface area contributed by atoms with E-state index in [2.05, 4.69) is 5.32 Å². The molecule has 3 rings (SSSR count). The van der Waals surface area contributed by atoms with E-state index in [9.17, 15) is 5.11 Å². The quantitative estimate of drug-likeness (QED) is 0.835. The van der Waals surface area contributed by atoms with Gasteiger partial charge in [0.25, 0.3) is 0 Å². The van der Waals surface area contributed by atoms with E-state index in [4.69, 9.17) is 4.74 Å². The van der Waals surface area contributed by atoms with Gasteiger partial charge in [-0.05, 0) is 37.9 Å². The molecule has 0 radical (unpaired) electrons. The van der Waals surface area contributed by atoms with Crippen LogP contribution >= 0.6 is 11.8 Å². The highest BCUT2D eigenvalue weighted by atomic mass is 32.2. The fraction of sp³-hybridized carbons (Fsp3) is 1.00. The third-order valence-corrected chi connectivity index (χ3v) is 6.41. The zero-order chi connectivity index (χ0) is 13.2. The van der Waals surface area contributed by atoms with Crippen molar-refractivity contribution in [1.29, 1.82) is 0 Å². The molecule has 2 aliphatic heterocycles. The largest absolute Gasteiger partial charge is 0.394 e. The van der Waals surface area contributed by atoms with Crippen LogP contribution in [0.4, 0.5) is 0 Å². The Kier molecular flexibility index (Phi) is 4.42. The average Bonchev–Trinajstić information content (AvgIpc) is 2.88. The second-order valence-electron chi connectivity index (χ2n) is 6.67. The van der Waals surface area contributed by atoms with Crippen LogP contribution in [0.1, 0.15) is 51.4 Å². The fourth-order valence-corrected chi connectivity index (χ4v) is 5.40. The lowest BCUT2D eigenvalue weighted by atomic mass is 9.80. The van der Waals surface area contributed by atoms with E-state index in [0.717, 1.165) is 38.0 Å². The second-order valence-corrected chi connectivity index (χ2v) is 7.77. The highest BCUT2D eigenvalue weighted by molar-refractivity contribution is 7.99. The van der Waals surface area contributed by atoms with Crippen LogP contribution in [0.25, 0.3) is 0 Å². The molecule has 0 bridgehead atoms. The molecule has 3 fully saturated rings. The fourth-order valence-electron chi connectivity index (χ4n) is 4.02. The minimum absolute atomic E-state index is 0.00714. The molecular formula is C15H27NO2S. The third-order valence-electron chi connectivity index (χ3n) is 5.18. The van der Waals surface area contributed by atoms with Crippen molar-refractivity contribution in [3.8, 4) is 0 Å². The van der Waals surface area contributed by atoms with Gasteiger partial charge in [-0.25, -0.2) is 0 Å². The summed E-state index contributed by atoms with van der Waals surface area (Å²) in [5.41, 5.74) is 0.152. The molecule has 2 saturated heterocycles. The number of hydrogen-bond acceptors (Lipinski definition) is 4. The number of hydrogen-bond donors (Lipinski definition) is 2. The monoisotopic (exact) mass is 285 g/mol. The van der Waals surface area contributed by atoms with Crippen molar-refractivity contribution in [3.05, 3.63) is 0 Å². The first-order valence-corrected chi connectivity index (χ1v) is 9.02. The minimum atomic E-state index is 0.00714. The Morgan fingerprint density at radius 1 is 1.21 bits per heavy atom. The van der Waals surface area contributed by atoms with Gasteiger partial charge in [0.15, 0.2) is 0 Å². The summed E-state index contributed by atoms with van der Waals surface area (Å²) in [7, 11) is 0. The van der Waals surface area contributed by atoms with Crippen molar-refractivity contribution in [2.24, 2.45) is 0 Å². The zero-order valence-electron chi connectivity index (χ0n) is 11.8. The van der Waals surface area contributed by atoms with Crippen LogP contribution in [0.5, 0.6) is 0 Å². The first kappa shape index (κ1) is 14.2. The molecule has 1 spiro atoms. The first-order chi connectivity index (χ1) is 9.26. The summed E-state index contributed by atoms with van der Waals surface area (Å²) >= 11 is 2.03. The van der Waals surface area contributed by atoms with Crippen molar-refractivity contribution in [2.75, 3.05) is 24.7 Å². The van der Waals surface area contributed by atoms with Gasteiger partial charge < -0.3 is 15.2 Å². The maximum atomic E-state index is 9.83. The molecule has 110 valence electrons. The molecule has 2 atom stereocenters. The van der Waals surface area contributed by atoms with E-state index in [-0.39, 0.29) is 11.1 Å². The number of nitrogens with one attached hydrogen (secondary N) is 1. The summed E-state index contributed by atoms with van der Waals surface area (Å²) in [5.74, 6) is 2.41. The van der Waals surface area contributed by atoms with Gasteiger partial charge in [0.1, 0.15) is 0 Å². The van der Waals surface area contributed by atoms with Crippen LogP contribution in [-0.2, 0) is 4.74 Å². The highest BCUT2D eigenvalue weighted by Gasteiger charge is 2.42. The van der Waals surface area contributed by atoms with Crippen molar-refractivity contribution < 1.29 is 9.84 Å². The van der Waals surface area contributed by atoms with E-state index in [1.165, 1.54) is 31.4 Å². The van der Waals surface area contributed by atoms with Crippen molar-refractivity contribution in [2.45, 2.75) is 68.5 Å². The van der Waals surface area contributed by atoms with Crippen LogP contribution in [0.15, 0.2) is 0 Å². The van der Waals surface area contributed by atoms with Crippen molar-refractivity contribution in [1.82, 2.24) is 5.32 Å². The zero-order valence-corrected chi connectivity index (χ0v) is 12.6. The summed E-state index contributed by atoms with van der Waals surface area (Å²) in [6.45, 7) is 1.19. The Labute approximate surface area is 120 Å². The minimum Gasteiger partial charge on any atom is -0.394 e. The lowest BCUT2D eigenvalue weighted by Gasteiger charge is -2.44. The topological polar surface area (TPSA) is 41.5 Å². The number of aliphatic hydroxyl groups excluding tert-OH is 1. The van der Waals surface area contributed by atoms with Gasteiger partial charge in [0.2, 0.25) is 0 Å². The Bertz CT molecular complexity index is 299. The lowest BCUT2D eigenvalue weighted by Crippen LogP contribution is -2.58. The van der Waals surface area contributed by atoms with E-state index in [0.29, 0.717) is 12.6 Å². The van der Waals surface area contributed by atoms with Crippen LogP contribution < -0.4 is 5.32 Å². The molecule has 0 aromatic heterocycles. The standard InChI is InChI=1S/C15H27NO2S/c17-11-14(5-2-1-3-6-14)16-13-4-8-18-15(10-13)7-9-19-12-15/h13,16-17H,1-12H2. The van der Waals surface area contributed by atoms with Gasteiger partial charge in [0, 0.05) is 23.9 Å². The number of aliphatic hydroxyl groups is 1. The van der Waals surface area contributed by atoms with Gasteiger partial charge in [-0.15, -0.1) is 0 Å². The van der Waals surface area contributed by atoms with Crippen molar-refractivity contribution in [3.63, 3.8) is 0 Å². The molecule has 4 heteroatoms. The van der Waals surface area contributed by atoms with Gasteiger partial charge in [-0.2, -0.15) is 11.8 Å². The molecule has 1 aliphatic carbocycles. The summed E-state index contributed by atoms with van der Waals surface area (Å²) in [6, 6.07) is 0.540. The third kappa shape index (κ3) is 3.12. The summed E-state index contributed by atoms with van der Waals surface area (Å²) < 4.78 is 6.09. The van der Waals surface area contributed by atoms with E-state index >= 15 is 0 Å². The molecule has 19 heavy (non-hydrogen) atoms. The van der Waals surface area contributed by atoms with E-state index < -0.39 is 0 Å². The molecule has 0 aromatic rings. The number of ether oxygens (including phenoxy) is 1. The molecule has 2 unspecified atom stereocenters. The molecule has 3 aliphatic rings. The van der Waals surface area contributed by atoms with Gasteiger partial charge in [0.05, 0.1) is 12.2 Å². The SMILES string of the molecule is OCC1(NC2CCOC3(CCSC3)C2)CCCCC1. The number of thioether (sulfide) groups is 1. The summed E-state index contributed by atoms with van der Waals surface area (Å²) in [4.78, 5) is 0. The Morgan fingerprint density at radius 3 is 2.74 bits per heavy atom. The second kappa shape index (κ2) is 5.92. The Balaban J connectivity index is 1.61. The van der Waals surface area contributed by atoms with Gasteiger partial charge in [-0.3, -0.25) is 0 Å². The van der Waals surface area contributed by atoms with E-state index in [1.54, 1.807) is 0 Å². The normalized spacial score (nSPS) is 38.7. The molecule has 3 nitrogen and oxygen atoms in total. The molecule has 0 aromatic carbocycles. The van der Waals surface area contributed by atoms with Crippen LogP contribution in [0.3, 0.4) is 0 Å². The molecule has 2 heterocycles. The summed E-state index contributed by atoms with van der Waals surface area (Å²) in [5, 5.41) is 13.7. The van der Waals surface area contributed by atoms with Gasteiger partial charge in [-0.1, -0.05) is 19.3 Å². The first-order valence-electron chi connectivity index (χ1n) is 7.86. The predicted molar refractivity (Wildman–Crippen MR) is 79.7 cm³/mol. The van der Waals surface area contributed by atoms with Crippen molar-refractivity contribution >= 4 is 11.8 Å². The highest BCUT2D eigenvalue weighted by Crippen LogP contribution is 2.39. The lowest BCUT2D eigenvalue weighted by molar-refractivity contribution is -0.0765. The molecule has 1 saturated carbocycles. The van der Waals surface area contributed by atoms with Crippen LogP contribution in [-0.4, -0.2) is 47.0 Å². The molecular weight excluding hydrogens is 258 g/mol. The van der Waals surface area contributed by atoms with Gasteiger partial charge >= 0.3 is 0 Å². The molecule has 2 N–H and O–H groups in total. The predicted octanol–water partition coefficient (Wildman–Crippen LogP) is 2.33. The van der Waals surface area contributed by atoms with E-state index in [1.807, 2.05) is 11.8 Å². The van der Waals surface area contributed by atoms with Crippen LogP contribution in [0, 0.1) is 0 Å². The number of rotatable bonds is 3. The van der Waals surface area contributed by atoms with Crippen LogP contribution in [0.2, 0.25) is 0 Å². The average molecular weight is 285 g/mol. The Hall–Kier alpha value is 0.230.